The molecule has 0 fully saturated rings. The van der Waals surface area contributed by atoms with E-state index in [0.29, 0.717) is 24.5 Å². The number of hydrogen-bond donors (Lipinski definition) is 0. The topological polar surface area (TPSA) is 50.8 Å². The summed E-state index contributed by atoms with van der Waals surface area (Å²) >= 11 is 6.10. The number of hydrogen-bond acceptors (Lipinski definition) is 3. The number of benzene rings is 1. The Balaban J connectivity index is 2.83. The Kier molecular flexibility index (Phi) is 5.64. The van der Waals surface area contributed by atoms with Crippen molar-refractivity contribution in [3.63, 3.8) is 0 Å². The van der Waals surface area contributed by atoms with Crippen LogP contribution < -0.4 is 4.90 Å². The first-order valence-electron chi connectivity index (χ1n) is 5.20. The van der Waals surface area contributed by atoms with Crippen LogP contribution in [0.15, 0.2) is 36.4 Å². The van der Waals surface area contributed by atoms with E-state index in [2.05, 4.69) is 6.07 Å². The molecule has 0 unspecified atom stereocenters. The summed E-state index contributed by atoms with van der Waals surface area (Å²) in [5, 5.41) is 17.7. The van der Waals surface area contributed by atoms with E-state index in [0.717, 1.165) is 5.69 Å². The highest BCUT2D eigenvalue weighted by Crippen LogP contribution is 2.25. The second-order valence-electron chi connectivity index (χ2n) is 3.34. The molecule has 0 aliphatic rings. The quantitative estimate of drug-likeness (QED) is 0.749. The molecule has 1 aromatic rings. The molecular weight excluding hydrogens is 234 g/mol. The van der Waals surface area contributed by atoms with Crippen molar-refractivity contribution in [2.24, 2.45) is 0 Å². The minimum absolute atomic E-state index is 0.422. The lowest BCUT2D eigenvalue weighted by Crippen LogP contribution is -2.24. The van der Waals surface area contributed by atoms with Gasteiger partial charge in [-0.25, -0.2) is 0 Å². The number of nitrogens with zero attached hydrogens (tertiary/aromatic N) is 3. The van der Waals surface area contributed by atoms with Crippen LogP contribution in [0, 0.1) is 22.7 Å². The van der Waals surface area contributed by atoms with E-state index in [1.165, 1.54) is 6.08 Å². The van der Waals surface area contributed by atoms with Crippen LogP contribution in [-0.4, -0.2) is 13.1 Å². The second-order valence-corrected chi connectivity index (χ2v) is 3.74. The molecule has 0 spiro atoms. The van der Waals surface area contributed by atoms with Gasteiger partial charge in [-0.1, -0.05) is 29.8 Å². The van der Waals surface area contributed by atoms with Crippen molar-refractivity contribution in [2.75, 3.05) is 18.0 Å². The first kappa shape index (κ1) is 13.1. The van der Waals surface area contributed by atoms with E-state index < -0.39 is 0 Å². The van der Waals surface area contributed by atoms with Gasteiger partial charge in [0.25, 0.3) is 0 Å². The molecule has 1 rings (SSSR count). The minimum atomic E-state index is 0.422. The summed E-state index contributed by atoms with van der Waals surface area (Å²) in [6, 6.07) is 11.5. The lowest BCUT2D eigenvalue weighted by molar-refractivity contribution is 0.858. The fourth-order valence-electron chi connectivity index (χ4n) is 1.44. The number of halogens is 1. The monoisotopic (exact) mass is 245 g/mol. The minimum Gasteiger partial charge on any atom is -0.366 e. The molecule has 0 aliphatic carbocycles. The van der Waals surface area contributed by atoms with Crippen LogP contribution in [0.2, 0.25) is 5.02 Å². The molecule has 4 heteroatoms. The Morgan fingerprint density at radius 2 is 2.06 bits per heavy atom. The van der Waals surface area contributed by atoms with Crippen molar-refractivity contribution in [3.8, 4) is 12.1 Å². The van der Waals surface area contributed by atoms with E-state index in [1.807, 2.05) is 35.2 Å². The Morgan fingerprint density at radius 3 is 2.71 bits per heavy atom. The molecule has 0 aromatic heterocycles. The Morgan fingerprint density at radius 1 is 1.29 bits per heavy atom. The predicted molar refractivity (Wildman–Crippen MR) is 68.6 cm³/mol. The summed E-state index contributed by atoms with van der Waals surface area (Å²) < 4.78 is 0. The summed E-state index contributed by atoms with van der Waals surface area (Å²) in [7, 11) is 0. The molecule has 0 atom stereocenters. The lowest BCUT2D eigenvalue weighted by Gasteiger charge is -2.23. The first-order chi connectivity index (χ1) is 8.29. The number of anilines is 1. The van der Waals surface area contributed by atoms with Crippen LogP contribution in [0.4, 0.5) is 5.69 Å². The van der Waals surface area contributed by atoms with Gasteiger partial charge in [-0.3, -0.25) is 0 Å². The molecule has 0 saturated heterocycles. The van der Waals surface area contributed by atoms with Gasteiger partial charge in [-0.2, -0.15) is 10.5 Å². The number of para-hydroxylation sites is 1. The Hall–Kier alpha value is -1.97. The zero-order valence-corrected chi connectivity index (χ0v) is 10.1. The van der Waals surface area contributed by atoms with Crippen LogP contribution in [0.3, 0.4) is 0 Å². The van der Waals surface area contributed by atoms with Gasteiger partial charge >= 0.3 is 0 Å². The highest BCUT2D eigenvalue weighted by Gasteiger charge is 2.07. The number of rotatable bonds is 5. The van der Waals surface area contributed by atoms with Crippen molar-refractivity contribution >= 4 is 17.3 Å². The van der Waals surface area contributed by atoms with Crippen LogP contribution >= 0.6 is 11.6 Å². The zero-order valence-electron chi connectivity index (χ0n) is 9.31. The van der Waals surface area contributed by atoms with Gasteiger partial charge < -0.3 is 4.90 Å². The average molecular weight is 246 g/mol. The van der Waals surface area contributed by atoms with E-state index in [-0.39, 0.29) is 0 Å². The molecule has 0 radical (unpaired) electrons. The van der Waals surface area contributed by atoms with Gasteiger partial charge in [-0.05, 0) is 12.1 Å². The largest absolute Gasteiger partial charge is 0.366 e. The van der Waals surface area contributed by atoms with Crippen LogP contribution in [0.25, 0.3) is 0 Å². The van der Waals surface area contributed by atoms with Gasteiger partial charge in [-0.15, -0.1) is 0 Å². The zero-order chi connectivity index (χ0) is 12.5. The van der Waals surface area contributed by atoms with Crippen molar-refractivity contribution in [3.05, 3.63) is 41.4 Å². The highest BCUT2D eigenvalue weighted by molar-refractivity contribution is 6.33. The summed E-state index contributed by atoms with van der Waals surface area (Å²) in [6.45, 7) is 1.16. The highest BCUT2D eigenvalue weighted by atomic mass is 35.5. The smallest absolute Gasteiger partial charge is 0.0909 e. The predicted octanol–water partition coefficient (Wildman–Crippen LogP) is 3.14. The fraction of sp³-hybridized carbons (Fsp3) is 0.231. The van der Waals surface area contributed by atoms with Gasteiger partial charge in [0.1, 0.15) is 0 Å². The van der Waals surface area contributed by atoms with Crippen molar-refractivity contribution < 1.29 is 0 Å². The van der Waals surface area contributed by atoms with E-state index >= 15 is 0 Å². The van der Waals surface area contributed by atoms with E-state index in [9.17, 15) is 0 Å². The summed E-state index contributed by atoms with van der Waals surface area (Å²) in [6.07, 6.45) is 3.60. The van der Waals surface area contributed by atoms with Gasteiger partial charge in [0, 0.05) is 19.2 Å². The standard InChI is InChI=1S/C13H12ClN3/c14-12-6-1-2-7-13(12)17(11-5-9-16)10-4-3-8-15/h1-4,6-7H,5,10-11H2/b4-3+. The van der Waals surface area contributed by atoms with Gasteiger partial charge in [0.2, 0.25) is 0 Å². The number of nitriles is 2. The maximum absolute atomic E-state index is 8.62. The molecule has 3 nitrogen and oxygen atoms in total. The first-order valence-corrected chi connectivity index (χ1v) is 5.58. The van der Waals surface area contributed by atoms with E-state index in [1.54, 1.807) is 6.08 Å². The van der Waals surface area contributed by atoms with E-state index in [4.69, 9.17) is 22.1 Å². The normalized spacial score (nSPS) is 9.82. The fourth-order valence-corrected chi connectivity index (χ4v) is 1.69. The molecule has 1 aromatic carbocycles. The average Bonchev–Trinajstić information content (AvgIpc) is 2.35. The molecule has 0 N–H and O–H groups in total. The molecule has 0 bridgehead atoms. The van der Waals surface area contributed by atoms with Crippen molar-refractivity contribution in [1.29, 1.82) is 10.5 Å². The maximum Gasteiger partial charge on any atom is 0.0909 e. The molecule has 0 heterocycles. The summed E-state index contributed by atoms with van der Waals surface area (Å²) in [4.78, 5) is 1.97. The Labute approximate surface area is 106 Å². The summed E-state index contributed by atoms with van der Waals surface area (Å²) in [5.41, 5.74) is 0.881. The maximum atomic E-state index is 8.62. The third-order valence-electron chi connectivity index (χ3n) is 2.20. The van der Waals surface area contributed by atoms with Crippen LogP contribution in [0.1, 0.15) is 6.42 Å². The van der Waals surface area contributed by atoms with Crippen LogP contribution in [0.5, 0.6) is 0 Å². The van der Waals surface area contributed by atoms with Crippen molar-refractivity contribution in [1.82, 2.24) is 0 Å². The third kappa shape index (κ3) is 4.18. The van der Waals surface area contributed by atoms with Gasteiger partial charge in [0.15, 0.2) is 0 Å². The second kappa shape index (κ2) is 7.33. The number of allylic oxidation sites excluding steroid dienone is 1. The molecule has 0 saturated carbocycles. The van der Waals surface area contributed by atoms with Gasteiger partial charge in [0.05, 0.1) is 29.3 Å². The Bertz CT molecular complexity index is 468. The lowest BCUT2D eigenvalue weighted by atomic mass is 10.2. The molecular formula is C13H12ClN3. The van der Waals surface area contributed by atoms with Crippen LogP contribution in [-0.2, 0) is 0 Å². The third-order valence-corrected chi connectivity index (χ3v) is 2.52. The van der Waals surface area contributed by atoms with Crippen molar-refractivity contribution in [2.45, 2.75) is 6.42 Å². The summed E-state index contributed by atoms with van der Waals surface area (Å²) in [5.74, 6) is 0. The molecule has 0 aliphatic heterocycles. The molecule has 17 heavy (non-hydrogen) atoms. The molecule has 0 amide bonds. The SMILES string of the molecule is N#C/C=C/CN(CCC#N)c1ccccc1Cl. The molecule has 86 valence electrons.